The molecule has 4 rings (SSSR count). The van der Waals surface area contributed by atoms with E-state index in [0.717, 1.165) is 50.0 Å². The summed E-state index contributed by atoms with van der Waals surface area (Å²) < 4.78 is 5.17. The summed E-state index contributed by atoms with van der Waals surface area (Å²) in [5.41, 5.74) is 3.60. The molecule has 0 radical (unpaired) electrons. The van der Waals surface area contributed by atoms with Crippen LogP contribution in [0.25, 0.3) is 0 Å². The van der Waals surface area contributed by atoms with E-state index in [-0.39, 0.29) is 36.2 Å². The van der Waals surface area contributed by atoms with Crippen LogP contribution >= 0.6 is 12.4 Å². The van der Waals surface area contributed by atoms with Crippen molar-refractivity contribution in [2.45, 2.75) is 51.2 Å². The van der Waals surface area contributed by atoms with Gasteiger partial charge in [-0.15, -0.1) is 12.4 Å². The summed E-state index contributed by atoms with van der Waals surface area (Å²) in [5, 5.41) is 9.55. The number of ether oxygens (including phenoxy) is 1. The molecule has 33 heavy (non-hydrogen) atoms. The second-order valence-corrected chi connectivity index (χ2v) is 8.94. The molecule has 0 spiro atoms. The van der Waals surface area contributed by atoms with E-state index < -0.39 is 0 Å². The lowest BCUT2D eigenvalue weighted by Crippen LogP contribution is -2.48. The molecule has 3 N–H and O–H groups in total. The van der Waals surface area contributed by atoms with Crippen molar-refractivity contribution in [3.8, 4) is 5.75 Å². The molecule has 2 aromatic rings. The average molecular weight is 472 g/mol. The second kappa shape index (κ2) is 12.1. The van der Waals surface area contributed by atoms with Gasteiger partial charge in [-0.1, -0.05) is 36.4 Å². The SMILES string of the molecule is COc1ccc(CNC(=O)C2CCC(CNC(=O)[C@@H]3Cc4ccccc4CN3)CC2)cc1.Cl. The predicted molar refractivity (Wildman–Crippen MR) is 131 cm³/mol. The second-order valence-electron chi connectivity index (χ2n) is 8.94. The maximum Gasteiger partial charge on any atom is 0.237 e. The van der Waals surface area contributed by atoms with Crippen LogP contribution in [0.3, 0.4) is 0 Å². The number of fused-ring (bicyclic) bond motifs is 1. The van der Waals surface area contributed by atoms with Gasteiger partial charge in [0.05, 0.1) is 13.2 Å². The fourth-order valence-corrected chi connectivity index (χ4v) is 4.71. The van der Waals surface area contributed by atoms with Gasteiger partial charge in [0.1, 0.15) is 5.75 Å². The van der Waals surface area contributed by atoms with Crippen LogP contribution in [0, 0.1) is 11.8 Å². The van der Waals surface area contributed by atoms with Crippen LogP contribution < -0.4 is 20.7 Å². The molecule has 1 atom stereocenters. The zero-order chi connectivity index (χ0) is 22.3. The lowest BCUT2D eigenvalue weighted by molar-refractivity contribution is -0.127. The van der Waals surface area contributed by atoms with Crippen LogP contribution in [0.2, 0.25) is 0 Å². The largest absolute Gasteiger partial charge is 0.497 e. The Morgan fingerprint density at radius 1 is 0.939 bits per heavy atom. The first kappa shape index (κ1) is 25.1. The Kier molecular flexibility index (Phi) is 9.15. The molecule has 2 aromatic carbocycles. The number of halogens is 1. The molecular weight excluding hydrogens is 438 g/mol. The van der Waals surface area contributed by atoms with Gasteiger partial charge in [0, 0.05) is 25.6 Å². The van der Waals surface area contributed by atoms with E-state index in [2.05, 4.69) is 28.1 Å². The highest BCUT2D eigenvalue weighted by molar-refractivity contribution is 5.85. The first-order valence-corrected chi connectivity index (χ1v) is 11.6. The van der Waals surface area contributed by atoms with Crippen molar-refractivity contribution >= 4 is 24.2 Å². The van der Waals surface area contributed by atoms with Gasteiger partial charge < -0.3 is 20.7 Å². The minimum Gasteiger partial charge on any atom is -0.497 e. The minimum absolute atomic E-state index is 0. The Labute approximate surface area is 202 Å². The van der Waals surface area contributed by atoms with Crippen LogP contribution in [-0.4, -0.2) is 31.5 Å². The van der Waals surface area contributed by atoms with E-state index in [1.165, 1.54) is 11.1 Å². The summed E-state index contributed by atoms with van der Waals surface area (Å²) in [5.74, 6) is 1.54. The first-order valence-electron chi connectivity index (χ1n) is 11.6. The Morgan fingerprint density at radius 3 is 2.33 bits per heavy atom. The molecule has 2 amide bonds. The number of hydrogen-bond donors (Lipinski definition) is 3. The summed E-state index contributed by atoms with van der Waals surface area (Å²) in [7, 11) is 1.64. The number of carbonyl (C=O) groups is 2. The normalized spacial score (nSPS) is 21.8. The van der Waals surface area contributed by atoms with Crippen molar-refractivity contribution in [2.75, 3.05) is 13.7 Å². The summed E-state index contributed by atoms with van der Waals surface area (Å²) in [6.45, 7) is 1.97. The van der Waals surface area contributed by atoms with E-state index in [0.29, 0.717) is 19.0 Å². The van der Waals surface area contributed by atoms with Crippen molar-refractivity contribution in [2.24, 2.45) is 11.8 Å². The number of nitrogens with one attached hydrogen (secondary N) is 3. The third-order valence-electron chi connectivity index (χ3n) is 6.81. The molecule has 1 heterocycles. The third-order valence-corrected chi connectivity index (χ3v) is 6.81. The summed E-state index contributed by atoms with van der Waals surface area (Å²) in [6.07, 6.45) is 4.45. The maximum absolute atomic E-state index is 12.6. The Balaban J connectivity index is 0.00000306. The molecule has 0 saturated heterocycles. The molecule has 0 bridgehead atoms. The maximum atomic E-state index is 12.6. The van der Waals surface area contributed by atoms with Gasteiger partial charge in [-0.25, -0.2) is 0 Å². The van der Waals surface area contributed by atoms with E-state index in [1.54, 1.807) is 7.11 Å². The van der Waals surface area contributed by atoms with Gasteiger partial charge in [-0.3, -0.25) is 9.59 Å². The first-order chi connectivity index (χ1) is 15.6. The van der Waals surface area contributed by atoms with Crippen molar-refractivity contribution in [3.63, 3.8) is 0 Å². The van der Waals surface area contributed by atoms with Crippen LogP contribution in [0.5, 0.6) is 5.75 Å². The van der Waals surface area contributed by atoms with E-state index >= 15 is 0 Å². The van der Waals surface area contributed by atoms with Crippen LogP contribution in [0.4, 0.5) is 0 Å². The van der Waals surface area contributed by atoms with Crippen molar-refractivity contribution in [1.82, 2.24) is 16.0 Å². The van der Waals surface area contributed by atoms with Gasteiger partial charge in [0.2, 0.25) is 11.8 Å². The average Bonchev–Trinajstić information content (AvgIpc) is 2.86. The van der Waals surface area contributed by atoms with Crippen LogP contribution in [-0.2, 0) is 29.1 Å². The molecule has 0 unspecified atom stereocenters. The number of hydrogen-bond acceptors (Lipinski definition) is 4. The molecule has 1 aliphatic carbocycles. The number of benzene rings is 2. The highest BCUT2D eigenvalue weighted by atomic mass is 35.5. The standard InChI is InChI=1S/C26H33N3O3.ClH/c1-32-23-12-8-19(9-13-23)15-28-25(30)20-10-6-18(7-11-20)16-29-26(31)24-14-21-4-2-3-5-22(21)17-27-24;/h2-5,8-9,12-13,18,20,24,27H,6-7,10-11,14-17H2,1H3,(H,28,30)(H,29,31);1H/t18?,20?,24-;/m0./s1. The minimum atomic E-state index is -0.162. The molecule has 2 aliphatic rings. The van der Waals surface area contributed by atoms with Crippen LogP contribution in [0.1, 0.15) is 42.4 Å². The zero-order valence-corrected chi connectivity index (χ0v) is 20.0. The van der Waals surface area contributed by atoms with Gasteiger partial charge >= 0.3 is 0 Å². The Hall–Kier alpha value is -2.57. The third kappa shape index (κ3) is 6.71. The van der Waals surface area contributed by atoms with Crippen molar-refractivity contribution in [1.29, 1.82) is 0 Å². The summed E-state index contributed by atoms with van der Waals surface area (Å²) >= 11 is 0. The number of amides is 2. The van der Waals surface area contributed by atoms with Crippen LogP contribution in [0.15, 0.2) is 48.5 Å². The molecule has 1 saturated carbocycles. The lowest BCUT2D eigenvalue weighted by atomic mass is 9.81. The molecule has 0 aromatic heterocycles. The van der Waals surface area contributed by atoms with E-state index in [9.17, 15) is 9.59 Å². The Morgan fingerprint density at radius 2 is 1.64 bits per heavy atom. The highest BCUT2D eigenvalue weighted by Gasteiger charge is 2.28. The topological polar surface area (TPSA) is 79.5 Å². The van der Waals surface area contributed by atoms with Gasteiger partial charge in [0.25, 0.3) is 0 Å². The fourth-order valence-electron chi connectivity index (χ4n) is 4.71. The van der Waals surface area contributed by atoms with Crippen molar-refractivity contribution < 1.29 is 14.3 Å². The Bertz CT molecular complexity index is 927. The molecular formula is C26H34ClN3O3. The molecule has 6 nitrogen and oxygen atoms in total. The number of carbonyl (C=O) groups excluding carboxylic acids is 2. The number of rotatable bonds is 7. The molecule has 1 aliphatic heterocycles. The van der Waals surface area contributed by atoms with Gasteiger partial charge in [0.15, 0.2) is 0 Å². The zero-order valence-electron chi connectivity index (χ0n) is 19.1. The van der Waals surface area contributed by atoms with Gasteiger partial charge in [-0.05, 0) is 66.8 Å². The lowest BCUT2D eigenvalue weighted by Gasteiger charge is -2.29. The number of methoxy groups -OCH3 is 1. The monoisotopic (exact) mass is 471 g/mol. The smallest absolute Gasteiger partial charge is 0.237 e. The molecule has 178 valence electrons. The fraction of sp³-hybridized carbons (Fsp3) is 0.462. The molecule has 1 fully saturated rings. The van der Waals surface area contributed by atoms with E-state index in [1.807, 2.05) is 36.4 Å². The summed E-state index contributed by atoms with van der Waals surface area (Å²) in [4.78, 5) is 25.2. The van der Waals surface area contributed by atoms with Crippen molar-refractivity contribution in [3.05, 3.63) is 65.2 Å². The van der Waals surface area contributed by atoms with Gasteiger partial charge in [-0.2, -0.15) is 0 Å². The molecule has 7 heteroatoms. The highest BCUT2D eigenvalue weighted by Crippen LogP contribution is 2.28. The van der Waals surface area contributed by atoms with E-state index in [4.69, 9.17) is 4.74 Å². The predicted octanol–water partition coefficient (Wildman–Crippen LogP) is 3.37. The quantitative estimate of drug-likeness (QED) is 0.578. The summed E-state index contributed by atoms with van der Waals surface area (Å²) in [6, 6.07) is 15.9.